The van der Waals surface area contributed by atoms with E-state index in [2.05, 4.69) is 20.5 Å². The lowest BCUT2D eigenvalue weighted by atomic mass is 10.7. The van der Waals surface area contributed by atoms with Gasteiger partial charge in [-0.1, -0.05) is 0 Å². The first kappa shape index (κ1) is 5.61. The maximum absolute atomic E-state index is 9.58. The molecule has 0 saturated heterocycles. The van der Waals surface area contributed by atoms with E-state index in [4.69, 9.17) is 0 Å². The lowest BCUT2D eigenvalue weighted by Crippen LogP contribution is -1.98. The van der Waals surface area contributed by atoms with Crippen molar-refractivity contribution in [3.05, 3.63) is 12.3 Å². The molecule has 0 bridgehead atoms. The van der Waals surface area contributed by atoms with Gasteiger partial charge in [-0.15, -0.1) is 0 Å². The summed E-state index contributed by atoms with van der Waals surface area (Å²) in [6, 6.07) is 1.63. The first-order valence-electron chi connectivity index (χ1n) is 2.28. The van der Waals surface area contributed by atoms with Gasteiger partial charge < -0.3 is 4.84 Å². The minimum absolute atomic E-state index is 0.292. The van der Waals surface area contributed by atoms with Crippen LogP contribution in [0.5, 0.6) is 0 Å². The molecule has 1 rings (SSSR count). The van der Waals surface area contributed by atoms with Gasteiger partial charge in [-0.2, -0.15) is 5.10 Å². The van der Waals surface area contributed by atoms with Gasteiger partial charge >= 0.3 is 6.47 Å². The summed E-state index contributed by atoms with van der Waals surface area (Å²) in [7, 11) is 0. The van der Waals surface area contributed by atoms with Gasteiger partial charge in [0.25, 0.3) is 0 Å². The highest BCUT2D eigenvalue weighted by Crippen LogP contribution is 1.95. The molecule has 1 aromatic heterocycles. The third kappa shape index (κ3) is 1.45. The molecule has 5 heteroatoms. The van der Waals surface area contributed by atoms with Crippen molar-refractivity contribution in [2.75, 3.05) is 5.48 Å². The maximum Gasteiger partial charge on any atom is 0.320 e. The zero-order valence-corrected chi connectivity index (χ0v) is 4.50. The summed E-state index contributed by atoms with van der Waals surface area (Å²) in [4.78, 5) is 13.8. The highest BCUT2D eigenvalue weighted by Gasteiger charge is 1.86. The number of carbonyl (C=O) groups excluding carboxylic acids is 1. The van der Waals surface area contributed by atoms with Crippen molar-refractivity contribution >= 4 is 12.3 Å². The summed E-state index contributed by atoms with van der Waals surface area (Å²) in [6.07, 6.45) is 1.54. The van der Waals surface area contributed by atoms with Crippen LogP contribution in [0.15, 0.2) is 12.3 Å². The predicted molar refractivity (Wildman–Crippen MR) is 29.4 cm³/mol. The number of aromatic nitrogens is 2. The van der Waals surface area contributed by atoms with E-state index in [0.29, 0.717) is 12.3 Å². The predicted octanol–water partition coefficient (Wildman–Crippen LogP) is -0.0904. The third-order valence-corrected chi connectivity index (χ3v) is 0.718. The van der Waals surface area contributed by atoms with E-state index < -0.39 is 0 Å². The Balaban J connectivity index is 2.38. The van der Waals surface area contributed by atoms with Crippen LogP contribution >= 0.6 is 0 Å². The summed E-state index contributed by atoms with van der Waals surface area (Å²) >= 11 is 0. The number of nitrogens with zero attached hydrogens (tertiary/aromatic N) is 1. The second-order valence-electron chi connectivity index (χ2n) is 1.29. The average molecular weight is 127 g/mol. The van der Waals surface area contributed by atoms with Crippen LogP contribution in [-0.2, 0) is 9.63 Å². The minimum atomic E-state index is 0.292. The summed E-state index contributed by atoms with van der Waals surface area (Å²) in [5.41, 5.74) is 2.29. The molecule has 0 radical (unpaired) electrons. The van der Waals surface area contributed by atoms with E-state index in [1.807, 2.05) is 0 Å². The molecule has 0 aromatic carbocycles. The van der Waals surface area contributed by atoms with Gasteiger partial charge in [-0.05, 0) is 0 Å². The Bertz CT molecular complexity index is 172. The lowest BCUT2D eigenvalue weighted by molar-refractivity contribution is -0.126. The number of rotatable bonds is 3. The zero-order valence-electron chi connectivity index (χ0n) is 4.50. The standard InChI is InChI=1S/C4H5N3O2/c8-3-9-7-4-1-2-5-6-4/h1-3H,(H2,5,6,7). The Labute approximate surface area is 51.0 Å². The van der Waals surface area contributed by atoms with E-state index in [0.717, 1.165) is 0 Å². The quantitative estimate of drug-likeness (QED) is 0.440. The van der Waals surface area contributed by atoms with Crippen molar-refractivity contribution in [1.29, 1.82) is 0 Å². The van der Waals surface area contributed by atoms with Gasteiger partial charge in [0.05, 0.1) is 6.20 Å². The van der Waals surface area contributed by atoms with Crippen molar-refractivity contribution in [3.8, 4) is 0 Å². The van der Waals surface area contributed by atoms with Crippen LogP contribution in [0.25, 0.3) is 0 Å². The molecule has 9 heavy (non-hydrogen) atoms. The summed E-state index contributed by atoms with van der Waals surface area (Å²) in [5.74, 6) is 0.544. The van der Waals surface area contributed by atoms with Crippen LogP contribution in [0.3, 0.4) is 0 Å². The van der Waals surface area contributed by atoms with Gasteiger partial charge in [0.15, 0.2) is 5.82 Å². The molecule has 1 heterocycles. The number of anilines is 1. The highest BCUT2D eigenvalue weighted by molar-refractivity contribution is 5.41. The van der Waals surface area contributed by atoms with Gasteiger partial charge in [0.1, 0.15) is 0 Å². The number of nitrogens with one attached hydrogen (secondary N) is 2. The van der Waals surface area contributed by atoms with Crippen molar-refractivity contribution in [1.82, 2.24) is 10.2 Å². The van der Waals surface area contributed by atoms with Gasteiger partial charge in [0, 0.05) is 6.07 Å². The second kappa shape index (κ2) is 2.71. The van der Waals surface area contributed by atoms with Crippen molar-refractivity contribution in [3.63, 3.8) is 0 Å². The molecule has 5 nitrogen and oxygen atoms in total. The van der Waals surface area contributed by atoms with E-state index >= 15 is 0 Å². The molecular formula is C4H5N3O2. The van der Waals surface area contributed by atoms with E-state index in [1.165, 1.54) is 6.20 Å². The molecule has 0 aliphatic rings. The molecule has 0 atom stereocenters. The Morgan fingerprint density at radius 1 is 1.89 bits per heavy atom. The minimum Gasteiger partial charge on any atom is -0.345 e. The van der Waals surface area contributed by atoms with Crippen LogP contribution in [0, 0.1) is 0 Å². The first-order chi connectivity index (χ1) is 4.43. The SMILES string of the molecule is O=CONc1ccn[nH]1. The zero-order chi connectivity index (χ0) is 6.53. The van der Waals surface area contributed by atoms with Crippen LogP contribution < -0.4 is 5.48 Å². The third-order valence-electron chi connectivity index (χ3n) is 0.718. The lowest BCUT2D eigenvalue weighted by Gasteiger charge is -1.94. The fourth-order valence-electron chi connectivity index (χ4n) is 0.400. The summed E-state index contributed by atoms with van der Waals surface area (Å²) < 4.78 is 0. The smallest absolute Gasteiger partial charge is 0.320 e. The fourth-order valence-corrected chi connectivity index (χ4v) is 0.400. The number of aromatic amines is 1. The molecule has 0 amide bonds. The first-order valence-corrected chi connectivity index (χ1v) is 2.28. The molecular weight excluding hydrogens is 122 g/mol. The van der Waals surface area contributed by atoms with Gasteiger partial charge in [-0.3, -0.25) is 9.89 Å². The number of carbonyl (C=O) groups is 1. The van der Waals surface area contributed by atoms with E-state index in [1.54, 1.807) is 6.07 Å². The second-order valence-corrected chi connectivity index (χ2v) is 1.29. The number of H-pyrrole nitrogens is 1. The van der Waals surface area contributed by atoms with Crippen LogP contribution in [0.4, 0.5) is 5.82 Å². The highest BCUT2D eigenvalue weighted by atomic mass is 16.7. The van der Waals surface area contributed by atoms with Gasteiger partial charge in [-0.25, -0.2) is 5.48 Å². The Kier molecular flexibility index (Phi) is 1.69. The number of hydrogen-bond donors (Lipinski definition) is 2. The largest absolute Gasteiger partial charge is 0.345 e. The van der Waals surface area contributed by atoms with E-state index in [-0.39, 0.29) is 0 Å². The van der Waals surface area contributed by atoms with Crippen LogP contribution in [-0.4, -0.2) is 16.7 Å². The average Bonchev–Trinajstić information content (AvgIpc) is 2.34. The van der Waals surface area contributed by atoms with Crippen molar-refractivity contribution in [2.24, 2.45) is 0 Å². The van der Waals surface area contributed by atoms with Crippen molar-refractivity contribution in [2.45, 2.75) is 0 Å². The Morgan fingerprint density at radius 3 is 3.33 bits per heavy atom. The van der Waals surface area contributed by atoms with Crippen molar-refractivity contribution < 1.29 is 9.63 Å². The topological polar surface area (TPSA) is 67.0 Å². The Morgan fingerprint density at radius 2 is 2.78 bits per heavy atom. The molecule has 0 unspecified atom stereocenters. The monoisotopic (exact) mass is 127 g/mol. The molecule has 0 fully saturated rings. The molecule has 0 spiro atoms. The Hall–Kier alpha value is -1.52. The van der Waals surface area contributed by atoms with Gasteiger partial charge in [0.2, 0.25) is 0 Å². The molecule has 48 valence electrons. The molecule has 2 N–H and O–H groups in total. The maximum atomic E-state index is 9.58. The normalized spacial score (nSPS) is 8.44. The summed E-state index contributed by atoms with van der Waals surface area (Å²) in [6.45, 7) is 0.292. The molecule has 0 saturated carbocycles. The van der Waals surface area contributed by atoms with E-state index in [9.17, 15) is 4.79 Å². The van der Waals surface area contributed by atoms with Crippen LogP contribution in [0.1, 0.15) is 0 Å². The molecule has 0 aliphatic carbocycles. The molecule has 0 aliphatic heterocycles. The number of hydrogen-bond acceptors (Lipinski definition) is 4. The fraction of sp³-hybridized carbons (Fsp3) is 0. The van der Waals surface area contributed by atoms with Crippen LogP contribution in [0.2, 0.25) is 0 Å². The molecule has 1 aromatic rings. The summed E-state index contributed by atoms with van der Waals surface area (Å²) in [5, 5.41) is 6.12.